The van der Waals surface area contributed by atoms with Gasteiger partial charge in [0.25, 0.3) is 5.91 Å². The van der Waals surface area contributed by atoms with Gasteiger partial charge in [-0.05, 0) is 39.3 Å². The van der Waals surface area contributed by atoms with E-state index in [4.69, 9.17) is 5.26 Å². The highest BCUT2D eigenvalue weighted by Gasteiger charge is 2.27. The lowest BCUT2D eigenvalue weighted by Crippen LogP contribution is -2.30. The van der Waals surface area contributed by atoms with E-state index in [1.165, 1.54) is 4.90 Å². The van der Waals surface area contributed by atoms with E-state index >= 15 is 0 Å². The first kappa shape index (κ1) is 19.5. The molecule has 28 heavy (non-hydrogen) atoms. The van der Waals surface area contributed by atoms with E-state index in [1.54, 1.807) is 26.2 Å². The van der Waals surface area contributed by atoms with E-state index in [0.717, 1.165) is 42.3 Å². The standard InChI is InChI=1S/C20H25N7O/c1-12-8-15(10-21)9-17(22-12)24-16-6-7-27(11-16)19-13(2)14(3)23-18(25-19)20(28)26(4)5/h8-9,16H,6-7,11H2,1-5H3,(H,22,24)/t16-/m1/s1. The number of pyridine rings is 1. The average molecular weight is 379 g/mol. The summed E-state index contributed by atoms with van der Waals surface area (Å²) in [6, 6.07) is 5.88. The van der Waals surface area contributed by atoms with Gasteiger partial charge in [-0.3, -0.25) is 4.79 Å². The quantitative estimate of drug-likeness (QED) is 0.868. The summed E-state index contributed by atoms with van der Waals surface area (Å²) in [7, 11) is 3.39. The van der Waals surface area contributed by atoms with Gasteiger partial charge in [-0.1, -0.05) is 0 Å². The van der Waals surface area contributed by atoms with Gasteiger partial charge in [-0.15, -0.1) is 0 Å². The summed E-state index contributed by atoms with van der Waals surface area (Å²) in [5.74, 6) is 1.53. The Bertz CT molecular complexity index is 948. The monoisotopic (exact) mass is 379 g/mol. The molecule has 1 saturated heterocycles. The molecular formula is C20H25N7O. The number of carbonyl (C=O) groups excluding carboxylic acids is 1. The molecule has 1 amide bonds. The number of hydrogen-bond acceptors (Lipinski definition) is 7. The normalized spacial score (nSPS) is 16.0. The lowest BCUT2D eigenvalue weighted by atomic mass is 10.2. The van der Waals surface area contributed by atoms with Crippen LogP contribution in [0.15, 0.2) is 12.1 Å². The Morgan fingerprint density at radius 1 is 1.25 bits per heavy atom. The van der Waals surface area contributed by atoms with E-state index in [-0.39, 0.29) is 17.8 Å². The molecule has 0 unspecified atom stereocenters. The SMILES string of the molecule is Cc1cc(C#N)cc(N[C@@H]2CCN(c3nc(C(=O)N(C)C)nc(C)c3C)C2)n1. The minimum Gasteiger partial charge on any atom is -0.365 e. The number of nitrogens with one attached hydrogen (secondary N) is 1. The summed E-state index contributed by atoms with van der Waals surface area (Å²) in [5.41, 5.74) is 3.20. The molecule has 3 rings (SSSR count). The number of anilines is 2. The van der Waals surface area contributed by atoms with E-state index in [0.29, 0.717) is 11.4 Å². The van der Waals surface area contributed by atoms with E-state index < -0.39 is 0 Å². The molecule has 8 nitrogen and oxygen atoms in total. The Morgan fingerprint density at radius 3 is 2.68 bits per heavy atom. The van der Waals surface area contributed by atoms with E-state index in [2.05, 4.69) is 31.2 Å². The average Bonchev–Trinajstić information content (AvgIpc) is 3.10. The number of aryl methyl sites for hydroxylation is 2. The molecular weight excluding hydrogens is 354 g/mol. The molecule has 0 spiro atoms. The van der Waals surface area contributed by atoms with Crippen LogP contribution in [0.4, 0.5) is 11.6 Å². The second-order valence-corrected chi connectivity index (χ2v) is 7.35. The molecule has 1 N–H and O–H groups in total. The van der Waals surface area contributed by atoms with Crippen LogP contribution in [-0.4, -0.2) is 59.0 Å². The highest BCUT2D eigenvalue weighted by atomic mass is 16.2. The predicted molar refractivity (Wildman–Crippen MR) is 107 cm³/mol. The number of hydrogen-bond donors (Lipinski definition) is 1. The van der Waals surface area contributed by atoms with Crippen LogP contribution in [0, 0.1) is 32.1 Å². The highest BCUT2D eigenvalue weighted by molar-refractivity contribution is 5.90. The molecule has 0 aliphatic carbocycles. The van der Waals surface area contributed by atoms with Crippen LogP contribution in [0.3, 0.4) is 0 Å². The number of nitrogens with zero attached hydrogens (tertiary/aromatic N) is 6. The number of aromatic nitrogens is 3. The van der Waals surface area contributed by atoms with Gasteiger partial charge in [0.15, 0.2) is 0 Å². The molecule has 0 saturated carbocycles. The van der Waals surface area contributed by atoms with Gasteiger partial charge in [0.2, 0.25) is 5.82 Å². The van der Waals surface area contributed by atoms with Crippen LogP contribution < -0.4 is 10.2 Å². The maximum Gasteiger partial charge on any atom is 0.291 e. The van der Waals surface area contributed by atoms with Crippen molar-refractivity contribution in [1.82, 2.24) is 19.9 Å². The summed E-state index contributed by atoms with van der Waals surface area (Å²) in [6.07, 6.45) is 0.914. The summed E-state index contributed by atoms with van der Waals surface area (Å²) in [5, 5.41) is 12.6. The second kappa shape index (κ2) is 7.80. The Morgan fingerprint density at radius 2 is 2.00 bits per heavy atom. The Hall–Kier alpha value is -3.21. The Balaban J connectivity index is 1.79. The number of carbonyl (C=O) groups is 1. The summed E-state index contributed by atoms with van der Waals surface area (Å²) < 4.78 is 0. The molecule has 0 aromatic carbocycles. The molecule has 1 aliphatic heterocycles. The number of amides is 1. The number of rotatable bonds is 4. The van der Waals surface area contributed by atoms with Crippen LogP contribution in [0.5, 0.6) is 0 Å². The molecule has 0 radical (unpaired) electrons. The van der Waals surface area contributed by atoms with Crippen molar-refractivity contribution in [2.45, 2.75) is 33.2 Å². The fraction of sp³-hybridized carbons (Fsp3) is 0.450. The first-order valence-corrected chi connectivity index (χ1v) is 9.25. The van der Waals surface area contributed by atoms with Crippen LogP contribution in [0.1, 0.15) is 39.6 Å². The van der Waals surface area contributed by atoms with E-state index in [1.807, 2.05) is 20.8 Å². The zero-order valence-electron chi connectivity index (χ0n) is 16.9. The zero-order valence-corrected chi connectivity index (χ0v) is 16.9. The summed E-state index contributed by atoms with van der Waals surface area (Å²) in [6.45, 7) is 7.32. The lowest BCUT2D eigenvalue weighted by Gasteiger charge is -2.22. The van der Waals surface area contributed by atoms with Gasteiger partial charge >= 0.3 is 0 Å². The molecule has 1 atom stereocenters. The number of nitriles is 1. The van der Waals surface area contributed by atoms with Crippen LogP contribution in [0.2, 0.25) is 0 Å². The predicted octanol–water partition coefficient (Wildman–Crippen LogP) is 2.06. The third-order valence-corrected chi connectivity index (χ3v) is 4.88. The smallest absolute Gasteiger partial charge is 0.291 e. The van der Waals surface area contributed by atoms with Crippen LogP contribution in [0.25, 0.3) is 0 Å². The first-order chi connectivity index (χ1) is 13.3. The molecule has 1 fully saturated rings. The highest BCUT2D eigenvalue weighted by Crippen LogP contribution is 2.25. The molecule has 2 aromatic heterocycles. The summed E-state index contributed by atoms with van der Waals surface area (Å²) >= 11 is 0. The molecule has 1 aliphatic rings. The van der Waals surface area contributed by atoms with Crippen molar-refractivity contribution >= 4 is 17.5 Å². The Labute approximate surface area is 165 Å². The second-order valence-electron chi connectivity index (χ2n) is 7.35. The third-order valence-electron chi connectivity index (χ3n) is 4.88. The van der Waals surface area contributed by atoms with Gasteiger partial charge in [-0.25, -0.2) is 15.0 Å². The van der Waals surface area contributed by atoms with Crippen molar-refractivity contribution < 1.29 is 4.79 Å². The maximum absolute atomic E-state index is 12.3. The maximum atomic E-state index is 12.3. The van der Waals surface area contributed by atoms with Gasteiger partial charge in [0, 0.05) is 50.2 Å². The molecule has 8 heteroatoms. The molecule has 146 valence electrons. The molecule has 0 bridgehead atoms. The minimum atomic E-state index is -0.203. The van der Waals surface area contributed by atoms with Crippen LogP contribution in [-0.2, 0) is 0 Å². The van der Waals surface area contributed by atoms with Crippen molar-refractivity contribution in [3.8, 4) is 6.07 Å². The first-order valence-electron chi connectivity index (χ1n) is 9.25. The Kier molecular flexibility index (Phi) is 5.45. The molecule has 3 heterocycles. The molecule has 2 aromatic rings. The van der Waals surface area contributed by atoms with E-state index in [9.17, 15) is 4.79 Å². The van der Waals surface area contributed by atoms with Crippen molar-refractivity contribution in [3.05, 3.63) is 40.5 Å². The van der Waals surface area contributed by atoms with Crippen molar-refractivity contribution in [1.29, 1.82) is 5.26 Å². The lowest BCUT2D eigenvalue weighted by molar-refractivity contribution is 0.0815. The topological polar surface area (TPSA) is 98.0 Å². The van der Waals surface area contributed by atoms with Gasteiger partial charge in [-0.2, -0.15) is 5.26 Å². The van der Waals surface area contributed by atoms with Gasteiger partial charge in [0.05, 0.1) is 11.6 Å². The van der Waals surface area contributed by atoms with Crippen molar-refractivity contribution in [2.24, 2.45) is 0 Å². The van der Waals surface area contributed by atoms with Crippen molar-refractivity contribution in [2.75, 3.05) is 37.4 Å². The fourth-order valence-corrected chi connectivity index (χ4v) is 3.30. The summed E-state index contributed by atoms with van der Waals surface area (Å²) in [4.78, 5) is 29.4. The largest absolute Gasteiger partial charge is 0.365 e. The zero-order chi connectivity index (χ0) is 20.4. The fourth-order valence-electron chi connectivity index (χ4n) is 3.30. The van der Waals surface area contributed by atoms with Gasteiger partial charge < -0.3 is 15.1 Å². The van der Waals surface area contributed by atoms with Crippen molar-refractivity contribution in [3.63, 3.8) is 0 Å². The minimum absolute atomic E-state index is 0.184. The van der Waals surface area contributed by atoms with Gasteiger partial charge in [0.1, 0.15) is 11.6 Å². The van der Waals surface area contributed by atoms with Crippen LogP contribution >= 0.6 is 0 Å². The third kappa shape index (κ3) is 4.03.